The van der Waals surface area contributed by atoms with E-state index in [0.717, 1.165) is 12.1 Å². The van der Waals surface area contributed by atoms with Gasteiger partial charge in [0, 0.05) is 24.6 Å². The van der Waals surface area contributed by atoms with E-state index in [0.29, 0.717) is 25.2 Å². The average molecular weight is 237 g/mol. The molecular weight excluding hydrogens is 221 g/mol. The van der Waals surface area contributed by atoms with Crippen LogP contribution in [-0.4, -0.2) is 31.6 Å². The first kappa shape index (κ1) is 12.2. The van der Waals surface area contributed by atoms with Crippen LogP contribution in [0.3, 0.4) is 0 Å². The highest BCUT2D eigenvalue weighted by atomic mass is 19.1. The van der Waals surface area contributed by atoms with Gasteiger partial charge in [-0.25, -0.2) is 4.39 Å². The minimum absolute atomic E-state index is 0.0370. The van der Waals surface area contributed by atoms with Gasteiger partial charge in [0.15, 0.2) is 5.78 Å². The summed E-state index contributed by atoms with van der Waals surface area (Å²) in [6.07, 6.45) is 0.351. The van der Waals surface area contributed by atoms with E-state index in [1.807, 2.05) is 6.92 Å². The molecule has 2 rings (SSSR count). The number of hydrogen-bond donors (Lipinski definition) is 1. The molecule has 1 aromatic carbocycles. The van der Waals surface area contributed by atoms with E-state index in [2.05, 4.69) is 5.32 Å². The molecule has 1 unspecified atom stereocenters. The molecule has 17 heavy (non-hydrogen) atoms. The van der Waals surface area contributed by atoms with E-state index < -0.39 is 0 Å². The van der Waals surface area contributed by atoms with Crippen molar-refractivity contribution in [2.24, 2.45) is 0 Å². The Morgan fingerprint density at radius 2 is 2.41 bits per heavy atom. The van der Waals surface area contributed by atoms with Crippen molar-refractivity contribution in [2.45, 2.75) is 19.4 Å². The normalized spacial score (nSPS) is 20.2. The molecule has 0 spiro atoms. The van der Waals surface area contributed by atoms with Gasteiger partial charge in [-0.1, -0.05) is 6.07 Å². The number of rotatable bonds is 3. The molecule has 0 aromatic heterocycles. The Balaban J connectivity index is 2.05. The number of ether oxygens (including phenoxy) is 1. The van der Waals surface area contributed by atoms with Crippen LogP contribution in [0.15, 0.2) is 18.2 Å². The summed E-state index contributed by atoms with van der Waals surface area (Å²) in [4.78, 5) is 12.0. The molecule has 0 bridgehead atoms. The first-order valence-corrected chi connectivity index (χ1v) is 5.77. The Morgan fingerprint density at radius 3 is 3.12 bits per heavy atom. The van der Waals surface area contributed by atoms with Crippen LogP contribution >= 0.6 is 0 Å². The van der Waals surface area contributed by atoms with Crippen molar-refractivity contribution >= 4 is 5.78 Å². The molecule has 1 saturated heterocycles. The quantitative estimate of drug-likeness (QED) is 0.813. The molecule has 1 fully saturated rings. The second kappa shape index (κ2) is 5.38. The van der Waals surface area contributed by atoms with Crippen molar-refractivity contribution in [1.82, 2.24) is 5.32 Å². The van der Waals surface area contributed by atoms with Crippen LogP contribution in [0.5, 0.6) is 0 Å². The van der Waals surface area contributed by atoms with Crippen molar-refractivity contribution in [3.8, 4) is 0 Å². The molecule has 0 aliphatic carbocycles. The van der Waals surface area contributed by atoms with Crippen molar-refractivity contribution in [2.75, 3.05) is 19.8 Å². The lowest BCUT2D eigenvalue weighted by molar-refractivity contribution is 0.0675. The summed E-state index contributed by atoms with van der Waals surface area (Å²) in [6, 6.07) is 4.35. The number of hydrogen-bond acceptors (Lipinski definition) is 3. The monoisotopic (exact) mass is 237 g/mol. The molecule has 92 valence electrons. The Morgan fingerprint density at radius 1 is 1.59 bits per heavy atom. The Bertz CT molecular complexity index is 414. The van der Waals surface area contributed by atoms with Gasteiger partial charge in [0.2, 0.25) is 0 Å². The van der Waals surface area contributed by atoms with Gasteiger partial charge in [0.05, 0.1) is 13.2 Å². The standard InChI is InChI=1S/C13H16FNO2/c1-9-2-3-10(14)6-12(9)13(16)7-11-8-17-5-4-15-11/h2-3,6,11,15H,4-5,7-8H2,1H3. The third kappa shape index (κ3) is 3.11. The molecule has 1 N–H and O–H groups in total. The summed E-state index contributed by atoms with van der Waals surface area (Å²) in [5.74, 6) is -0.406. The molecule has 1 aromatic rings. The van der Waals surface area contributed by atoms with E-state index in [1.54, 1.807) is 6.07 Å². The van der Waals surface area contributed by atoms with E-state index >= 15 is 0 Å². The van der Waals surface area contributed by atoms with Crippen molar-refractivity contribution < 1.29 is 13.9 Å². The maximum Gasteiger partial charge on any atom is 0.164 e. The van der Waals surface area contributed by atoms with Gasteiger partial charge in [0.1, 0.15) is 5.82 Å². The summed E-state index contributed by atoms with van der Waals surface area (Å²) in [5, 5.41) is 3.21. The Kier molecular flexibility index (Phi) is 3.86. The number of aryl methyl sites for hydroxylation is 1. The highest BCUT2D eigenvalue weighted by molar-refractivity contribution is 5.97. The molecule has 0 amide bonds. The number of benzene rings is 1. The largest absolute Gasteiger partial charge is 0.378 e. The first-order chi connectivity index (χ1) is 8.16. The summed E-state index contributed by atoms with van der Waals surface area (Å²) < 4.78 is 18.4. The fourth-order valence-corrected chi connectivity index (χ4v) is 1.98. The van der Waals surface area contributed by atoms with Crippen LogP contribution < -0.4 is 5.32 Å². The number of carbonyl (C=O) groups excluding carboxylic acids is 1. The summed E-state index contributed by atoms with van der Waals surface area (Å²) >= 11 is 0. The predicted molar refractivity (Wildman–Crippen MR) is 62.7 cm³/mol. The minimum Gasteiger partial charge on any atom is -0.378 e. The number of ketones is 1. The molecule has 0 saturated carbocycles. The van der Waals surface area contributed by atoms with Crippen LogP contribution in [0, 0.1) is 12.7 Å². The van der Waals surface area contributed by atoms with Crippen LogP contribution in [0.1, 0.15) is 22.3 Å². The van der Waals surface area contributed by atoms with E-state index in [1.165, 1.54) is 12.1 Å². The van der Waals surface area contributed by atoms with Crippen molar-refractivity contribution in [3.63, 3.8) is 0 Å². The van der Waals surface area contributed by atoms with Gasteiger partial charge < -0.3 is 10.1 Å². The number of Topliss-reactive ketones (excluding diaryl/α,β-unsaturated/α-hetero) is 1. The Hall–Kier alpha value is -1.26. The topological polar surface area (TPSA) is 38.3 Å². The van der Waals surface area contributed by atoms with Crippen LogP contribution in [0.4, 0.5) is 4.39 Å². The van der Waals surface area contributed by atoms with Crippen LogP contribution in [0.2, 0.25) is 0 Å². The zero-order valence-corrected chi connectivity index (χ0v) is 9.83. The third-order valence-electron chi connectivity index (χ3n) is 2.93. The second-order valence-corrected chi connectivity index (χ2v) is 4.31. The maximum atomic E-state index is 13.1. The van der Waals surface area contributed by atoms with Gasteiger partial charge in [-0.15, -0.1) is 0 Å². The van der Waals surface area contributed by atoms with E-state index in [-0.39, 0.29) is 17.6 Å². The maximum absolute atomic E-state index is 13.1. The van der Waals surface area contributed by atoms with Crippen LogP contribution in [-0.2, 0) is 4.74 Å². The Labute approximate surface area is 100.0 Å². The van der Waals surface area contributed by atoms with Gasteiger partial charge >= 0.3 is 0 Å². The highest BCUT2D eigenvalue weighted by Gasteiger charge is 2.19. The smallest absolute Gasteiger partial charge is 0.164 e. The zero-order valence-electron chi connectivity index (χ0n) is 9.83. The van der Waals surface area contributed by atoms with Gasteiger partial charge in [-0.05, 0) is 24.6 Å². The summed E-state index contributed by atoms with van der Waals surface area (Å²) in [6.45, 7) is 3.81. The van der Waals surface area contributed by atoms with Crippen molar-refractivity contribution in [3.05, 3.63) is 35.1 Å². The number of halogens is 1. The predicted octanol–water partition coefficient (Wildman–Crippen LogP) is 1.70. The minimum atomic E-state index is -0.369. The third-order valence-corrected chi connectivity index (χ3v) is 2.93. The number of nitrogens with one attached hydrogen (secondary N) is 1. The number of morpholine rings is 1. The lowest BCUT2D eigenvalue weighted by atomic mass is 9.99. The molecule has 1 heterocycles. The molecular formula is C13H16FNO2. The lowest BCUT2D eigenvalue weighted by Gasteiger charge is -2.23. The molecule has 1 atom stereocenters. The molecule has 0 radical (unpaired) electrons. The molecule has 4 heteroatoms. The van der Waals surface area contributed by atoms with Crippen molar-refractivity contribution in [1.29, 1.82) is 0 Å². The fraction of sp³-hybridized carbons (Fsp3) is 0.462. The molecule has 1 aliphatic rings. The molecule has 3 nitrogen and oxygen atoms in total. The van der Waals surface area contributed by atoms with E-state index in [4.69, 9.17) is 4.74 Å². The number of carbonyl (C=O) groups is 1. The molecule has 1 aliphatic heterocycles. The average Bonchev–Trinajstić information content (AvgIpc) is 2.33. The summed E-state index contributed by atoms with van der Waals surface area (Å²) in [7, 11) is 0. The zero-order chi connectivity index (χ0) is 12.3. The van der Waals surface area contributed by atoms with Crippen LogP contribution in [0.25, 0.3) is 0 Å². The fourth-order valence-electron chi connectivity index (χ4n) is 1.98. The van der Waals surface area contributed by atoms with E-state index in [9.17, 15) is 9.18 Å². The lowest BCUT2D eigenvalue weighted by Crippen LogP contribution is -2.42. The van der Waals surface area contributed by atoms with Gasteiger partial charge in [-0.3, -0.25) is 4.79 Å². The highest BCUT2D eigenvalue weighted by Crippen LogP contribution is 2.14. The van der Waals surface area contributed by atoms with Gasteiger partial charge in [-0.2, -0.15) is 0 Å². The second-order valence-electron chi connectivity index (χ2n) is 4.31. The van der Waals surface area contributed by atoms with Gasteiger partial charge in [0.25, 0.3) is 0 Å². The first-order valence-electron chi connectivity index (χ1n) is 5.77. The summed E-state index contributed by atoms with van der Waals surface area (Å²) in [5.41, 5.74) is 1.28. The SMILES string of the molecule is Cc1ccc(F)cc1C(=O)CC1COCCN1.